The van der Waals surface area contributed by atoms with Crippen LogP contribution in [0.15, 0.2) is 24.3 Å². The lowest BCUT2D eigenvalue weighted by atomic mass is 10.1. The van der Waals surface area contributed by atoms with E-state index in [9.17, 15) is 9.59 Å². The van der Waals surface area contributed by atoms with Crippen LogP contribution in [-0.4, -0.2) is 37.1 Å². The highest BCUT2D eigenvalue weighted by Gasteiger charge is 2.21. The van der Waals surface area contributed by atoms with Crippen LogP contribution < -0.4 is 9.47 Å². The Hall–Kier alpha value is -2.76. The Labute approximate surface area is 153 Å². The van der Waals surface area contributed by atoms with Crippen LogP contribution in [0.5, 0.6) is 11.5 Å². The number of ether oxygens (including phenoxy) is 3. The third kappa shape index (κ3) is 3.90. The first kappa shape index (κ1) is 19.6. The minimum atomic E-state index is -0.514. The Bertz CT molecular complexity index is 820. The van der Waals surface area contributed by atoms with Crippen molar-refractivity contribution in [1.82, 2.24) is 4.57 Å². The minimum absolute atomic E-state index is 0.235. The molecule has 0 unspecified atom stereocenters. The van der Waals surface area contributed by atoms with E-state index in [1.165, 1.54) is 14.2 Å². The first-order chi connectivity index (χ1) is 12.3. The number of Topliss-reactive ketones (excluding diaryl/α,β-unsaturated/α-hetero) is 1. The van der Waals surface area contributed by atoms with E-state index in [-0.39, 0.29) is 18.4 Å². The molecular formula is C20H25NO5. The third-order valence-electron chi connectivity index (χ3n) is 4.26. The largest absolute Gasteiger partial charge is 0.497 e. The number of nitrogens with zero attached hydrogens (tertiary/aromatic N) is 1. The number of rotatable bonds is 7. The summed E-state index contributed by atoms with van der Waals surface area (Å²) in [7, 11) is 2.99. The number of benzene rings is 1. The summed E-state index contributed by atoms with van der Waals surface area (Å²) < 4.78 is 17.6. The Morgan fingerprint density at radius 1 is 1.04 bits per heavy atom. The normalized spacial score (nSPS) is 10.7. The molecule has 0 spiro atoms. The Morgan fingerprint density at radius 3 is 2.27 bits per heavy atom. The van der Waals surface area contributed by atoms with Crippen LogP contribution in [0.25, 0.3) is 0 Å². The summed E-state index contributed by atoms with van der Waals surface area (Å²) >= 11 is 0. The number of esters is 1. The topological polar surface area (TPSA) is 66.8 Å². The first-order valence-electron chi connectivity index (χ1n) is 8.40. The fraction of sp³-hybridized carbons (Fsp3) is 0.400. The molecule has 6 heteroatoms. The zero-order valence-electron chi connectivity index (χ0n) is 16.1. The summed E-state index contributed by atoms with van der Waals surface area (Å²) in [5.74, 6) is 0.0674. The monoisotopic (exact) mass is 359 g/mol. The number of carbonyl (C=O) groups excluding carboxylic acids is 2. The van der Waals surface area contributed by atoms with Gasteiger partial charge in [-0.2, -0.15) is 0 Å². The SMILES string of the molecule is COc1ccc(OC)c(C(=O)COC(=O)c2cc(C)n(C(C)C)c2C)c1. The zero-order valence-corrected chi connectivity index (χ0v) is 16.1. The van der Waals surface area contributed by atoms with Crippen molar-refractivity contribution in [2.24, 2.45) is 0 Å². The molecule has 0 amide bonds. The maximum atomic E-state index is 12.5. The summed E-state index contributed by atoms with van der Waals surface area (Å²) in [4.78, 5) is 24.9. The minimum Gasteiger partial charge on any atom is -0.497 e. The molecule has 26 heavy (non-hydrogen) atoms. The number of carbonyl (C=O) groups is 2. The summed E-state index contributed by atoms with van der Waals surface area (Å²) in [5, 5.41) is 0. The van der Waals surface area contributed by atoms with E-state index < -0.39 is 5.97 Å². The van der Waals surface area contributed by atoms with E-state index in [4.69, 9.17) is 14.2 Å². The van der Waals surface area contributed by atoms with Crippen LogP contribution in [-0.2, 0) is 4.74 Å². The van der Waals surface area contributed by atoms with Crippen LogP contribution in [0.1, 0.15) is 52.0 Å². The fourth-order valence-electron chi connectivity index (χ4n) is 3.10. The summed E-state index contributed by atoms with van der Waals surface area (Å²) in [5.41, 5.74) is 2.59. The second-order valence-electron chi connectivity index (χ2n) is 6.31. The van der Waals surface area contributed by atoms with Crippen molar-refractivity contribution in [2.45, 2.75) is 33.7 Å². The fourth-order valence-corrected chi connectivity index (χ4v) is 3.10. The van der Waals surface area contributed by atoms with Gasteiger partial charge in [0.25, 0.3) is 0 Å². The van der Waals surface area contributed by atoms with Gasteiger partial charge >= 0.3 is 5.97 Å². The molecule has 2 aromatic rings. The average Bonchev–Trinajstić information content (AvgIpc) is 2.93. The van der Waals surface area contributed by atoms with E-state index >= 15 is 0 Å². The second-order valence-corrected chi connectivity index (χ2v) is 6.31. The van der Waals surface area contributed by atoms with E-state index in [0.717, 1.165) is 11.4 Å². The molecule has 1 heterocycles. The van der Waals surface area contributed by atoms with E-state index in [2.05, 4.69) is 4.57 Å². The van der Waals surface area contributed by atoms with Crippen molar-refractivity contribution in [3.05, 3.63) is 46.8 Å². The third-order valence-corrected chi connectivity index (χ3v) is 4.26. The summed E-state index contributed by atoms with van der Waals surface area (Å²) in [6.07, 6.45) is 0. The quantitative estimate of drug-likeness (QED) is 0.556. The van der Waals surface area contributed by atoms with Gasteiger partial charge in [-0.25, -0.2) is 4.79 Å². The smallest absolute Gasteiger partial charge is 0.340 e. The van der Waals surface area contributed by atoms with Crippen molar-refractivity contribution < 1.29 is 23.8 Å². The lowest BCUT2D eigenvalue weighted by Gasteiger charge is -2.13. The van der Waals surface area contributed by atoms with Gasteiger partial charge in [0.05, 0.1) is 25.3 Å². The Balaban J connectivity index is 2.15. The molecule has 0 aliphatic rings. The van der Waals surface area contributed by atoms with E-state index in [0.29, 0.717) is 22.6 Å². The van der Waals surface area contributed by atoms with Gasteiger partial charge in [-0.1, -0.05) is 0 Å². The van der Waals surface area contributed by atoms with Crippen LogP contribution in [0.4, 0.5) is 0 Å². The summed E-state index contributed by atoms with van der Waals surface area (Å²) in [6.45, 7) is 7.54. The molecule has 0 saturated heterocycles. The molecule has 6 nitrogen and oxygen atoms in total. The van der Waals surface area contributed by atoms with Gasteiger partial charge < -0.3 is 18.8 Å². The Morgan fingerprint density at radius 2 is 1.73 bits per heavy atom. The van der Waals surface area contributed by atoms with Gasteiger partial charge in [0, 0.05) is 17.4 Å². The first-order valence-corrected chi connectivity index (χ1v) is 8.40. The average molecular weight is 359 g/mol. The predicted octanol–water partition coefficient (Wildman–Crippen LogP) is 3.74. The number of hydrogen-bond donors (Lipinski definition) is 0. The molecule has 0 saturated carbocycles. The zero-order chi connectivity index (χ0) is 19.4. The number of aryl methyl sites for hydroxylation is 1. The molecule has 1 aromatic heterocycles. The lowest BCUT2D eigenvalue weighted by Crippen LogP contribution is -2.16. The summed E-state index contributed by atoms with van der Waals surface area (Å²) in [6, 6.07) is 6.93. The van der Waals surface area contributed by atoms with E-state index in [1.807, 2.05) is 27.7 Å². The van der Waals surface area contributed by atoms with Gasteiger partial charge in [0.2, 0.25) is 5.78 Å². The van der Waals surface area contributed by atoms with Crippen LogP contribution in [0.3, 0.4) is 0 Å². The molecule has 2 rings (SSSR count). The van der Waals surface area contributed by atoms with Crippen molar-refractivity contribution in [2.75, 3.05) is 20.8 Å². The molecular weight excluding hydrogens is 334 g/mol. The second kappa shape index (κ2) is 8.08. The molecule has 0 bridgehead atoms. The van der Waals surface area contributed by atoms with Crippen molar-refractivity contribution >= 4 is 11.8 Å². The maximum Gasteiger partial charge on any atom is 0.340 e. The predicted molar refractivity (Wildman–Crippen MR) is 98.5 cm³/mol. The molecule has 140 valence electrons. The maximum absolute atomic E-state index is 12.5. The number of methoxy groups -OCH3 is 2. The number of aromatic nitrogens is 1. The van der Waals surface area contributed by atoms with E-state index in [1.54, 1.807) is 24.3 Å². The van der Waals surface area contributed by atoms with Gasteiger partial charge in [0.1, 0.15) is 11.5 Å². The molecule has 0 fully saturated rings. The van der Waals surface area contributed by atoms with Crippen LogP contribution in [0.2, 0.25) is 0 Å². The molecule has 0 N–H and O–H groups in total. The molecule has 0 aliphatic carbocycles. The van der Waals surface area contributed by atoms with Gasteiger partial charge in [-0.3, -0.25) is 4.79 Å². The van der Waals surface area contributed by atoms with Crippen molar-refractivity contribution in [3.8, 4) is 11.5 Å². The van der Waals surface area contributed by atoms with Crippen molar-refractivity contribution in [1.29, 1.82) is 0 Å². The number of hydrogen-bond acceptors (Lipinski definition) is 5. The highest BCUT2D eigenvalue weighted by Crippen LogP contribution is 2.25. The number of ketones is 1. The van der Waals surface area contributed by atoms with Gasteiger partial charge in [0.15, 0.2) is 6.61 Å². The molecule has 0 aliphatic heterocycles. The molecule has 0 atom stereocenters. The molecule has 0 radical (unpaired) electrons. The highest BCUT2D eigenvalue weighted by atomic mass is 16.5. The standard InChI is InChI=1S/C20H25NO5/c1-12(2)21-13(3)9-16(14(21)4)20(23)26-11-18(22)17-10-15(24-5)7-8-19(17)25-6/h7-10,12H,11H2,1-6H3. The van der Waals surface area contributed by atoms with Crippen LogP contribution in [0, 0.1) is 13.8 Å². The lowest BCUT2D eigenvalue weighted by molar-refractivity contribution is 0.0473. The molecule has 1 aromatic carbocycles. The van der Waals surface area contributed by atoms with Crippen LogP contribution >= 0.6 is 0 Å². The Kier molecular flexibility index (Phi) is 6.08. The highest BCUT2D eigenvalue weighted by molar-refractivity contribution is 6.01. The van der Waals surface area contributed by atoms with Gasteiger partial charge in [-0.05, 0) is 52.0 Å². The van der Waals surface area contributed by atoms with Gasteiger partial charge in [-0.15, -0.1) is 0 Å². The van der Waals surface area contributed by atoms with Crippen molar-refractivity contribution in [3.63, 3.8) is 0 Å².